The van der Waals surface area contributed by atoms with Crippen LogP contribution in [0.2, 0.25) is 0 Å². The number of nitrogens with one attached hydrogen (secondary N) is 2. The first kappa shape index (κ1) is 23.1. The van der Waals surface area contributed by atoms with Crippen LogP contribution in [0.1, 0.15) is 37.5 Å². The predicted molar refractivity (Wildman–Crippen MR) is 136 cm³/mol. The molecule has 0 bridgehead atoms. The summed E-state index contributed by atoms with van der Waals surface area (Å²) in [6.45, 7) is 2.89. The molecule has 1 aliphatic rings. The minimum absolute atomic E-state index is 0.231. The number of hydrogen-bond donors (Lipinski definition) is 3. The van der Waals surface area contributed by atoms with Crippen LogP contribution in [0, 0.1) is 6.92 Å². The van der Waals surface area contributed by atoms with E-state index in [1.54, 1.807) is 23.0 Å². The highest BCUT2D eigenvalue weighted by Crippen LogP contribution is 2.34. The summed E-state index contributed by atoms with van der Waals surface area (Å²) in [6.07, 6.45) is 2.34. The lowest BCUT2D eigenvalue weighted by Crippen LogP contribution is -2.24. The zero-order valence-corrected chi connectivity index (χ0v) is 20.0. The van der Waals surface area contributed by atoms with E-state index in [0.29, 0.717) is 35.9 Å². The fourth-order valence-electron chi connectivity index (χ4n) is 4.43. The number of para-hydroxylation sites is 1. The Hall–Kier alpha value is -4.66. The minimum atomic E-state index is -0.545. The summed E-state index contributed by atoms with van der Waals surface area (Å²) in [4.78, 5) is 29.3. The molecule has 4 N–H and O–H groups in total. The maximum Gasteiger partial charge on any atom is 0.274 e. The SMILES string of the molecule is COc1cccnc1C(=O)NCc1ccc(-c2nn3c(c2C(N)=O)Nc2ccccc2CC3)cc1C. The van der Waals surface area contributed by atoms with E-state index in [2.05, 4.69) is 21.7 Å². The highest BCUT2D eigenvalue weighted by atomic mass is 16.5. The first-order chi connectivity index (χ1) is 17.5. The molecule has 9 heteroatoms. The number of nitrogens with two attached hydrogens (primary N) is 1. The second-order valence-corrected chi connectivity index (χ2v) is 8.57. The number of nitrogens with zero attached hydrogens (tertiary/aromatic N) is 3. The normalized spacial score (nSPS) is 12.1. The maximum atomic E-state index is 12.6. The summed E-state index contributed by atoms with van der Waals surface area (Å²) < 4.78 is 7.03. The summed E-state index contributed by atoms with van der Waals surface area (Å²) in [6, 6.07) is 17.1. The number of methoxy groups -OCH3 is 1. The molecule has 0 spiro atoms. The van der Waals surface area contributed by atoms with E-state index in [0.717, 1.165) is 34.4 Å². The van der Waals surface area contributed by atoms with Crippen LogP contribution >= 0.6 is 0 Å². The Morgan fingerprint density at radius 3 is 2.78 bits per heavy atom. The van der Waals surface area contributed by atoms with Gasteiger partial charge in [-0.25, -0.2) is 9.67 Å². The first-order valence-electron chi connectivity index (χ1n) is 11.6. The van der Waals surface area contributed by atoms with Crippen LogP contribution in [0.3, 0.4) is 0 Å². The van der Waals surface area contributed by atoms with Crippen LogP contribution in [0.5, 0.6) is 5.75 Å². The van der Waals surface area contributed by atoms with Crippen LogP contribution in [0.4, 0.5) is 11.5 Å². The zero-order chi connectivity index (χ0) is 25.2. The van der Waals surface area contributed by atoms with E-state index < -0.39 is 5.91 Å². The molecule has 0 aliphatic carbocycles. The molecule has 0 atom stereocenters. The summed E-state index contributed by atoms with van der Waals surface area (Å²) >= 11 is 0. The van der Waals surface area contributed by atoms with Gasteiger partial charge in [-0.05, 0) is 54.3 Å². The third-order valence-electron chi connectivity index (χ3n) is 6.32. The lowest BCUT2D eigenvalue weighted by atomic mass is 10.0. The van der Waals surface area contributed by atoms with Crippen molar-refractivity contribution in [3.05, 3.63) is 88.7 Å². The molecule has 1 aliphatic heterocycles. The number of ether oxygens (including phenoxy) is 1. The molecule has 182 valence electrons. The Labute approximate surface area is 208 Å². The summed E-state index contributed by atoms with van der Waals surface area (Å²) in [5.74, 6) is 0.144. The van der Waals surface area contributed by atoms with Gasteiger partial charge in [0.25, 0.3) is 11.8 Å². The minimum Gasteiger partial charge on any atom is -0.494 e. The average molecular weight is 483 g/mol. The van der Waals surface area contributed by atoms with Gasteiger partial charge in [0, 0.05) is 30.5 Å². The van der Waals surface area contributed by atoms with Gasteiger partial charge in [0.1, 0.15) is 22.8 Å². The lowest BCUT2D eigenvalue weighted by molar-refractivity contribution is 0.0941. The molecule has 2 amide bonds. The highest BCUT2D eigenvalue weighted by Gasteiger charge is 2.26. The van der Waals surface area contributed by atoms with E-state index >= 15 is 0 Å². The molecule has 2 aromatic carbocycles. The quantitative estimate of drug-likeness (QED) is 0.386. The lowest BCUT2D eigenvalue weighted by Gasteiger charge is -2.11. The van der Waals surface area contributed by atoms with E-state index in [1.165, 1.54) is 7.11 Å². The molecule has 36 heavy (non-hydrogen) atoms. The van der Waals surface area contributed by atoms with Gasteiger partial charge in [-0.15, -0.1) is 0 Å². The maximum absolute atomic E-state index is 12.6. The Kier molecular flexibility index (Phi) is 6.12. The molecule has 2 aromatic heterocycles. The standard InChI is InChI=1S/C27H26N6O3/c1-16-14-18(9-10-19(16)15-30-27(35)24-21(36-2)8-5-12-29-24)23-22(25(28)34)26-31-20-7-4-3-6-17(20)11-13-33(26)32-23/h3-10,12,14,31H,11,13,15H2,1-2H3,(H2,28,34)(H,30,35). The Balaban J connectivity index is 1.41. The molecular formula is C27H26N6O3. The fraction of sp³-hybridized carbons (Fsp3) is 0.185. The van der Waals surface area contributed by atoms with Crippen molar-refractivity contribution in [2.45, 2.75) is 26.4 Å². The zero-order valence-electron chi connectivity index (χ0n) is 20.0. The van der Waals surface area contributed by atoms with Crippen LogP contribution in [-0.4, -0.2) is 33.7 Å². The van der Waals surface area contributed by atoms with Crippen molar-refractivity contribution in [3.8, 4) is 17.0 Å². The van der Waals surface area contributed by atoms with Crippen LogP contribution in [-0.2, 0) is 19.5 Å². The number of amides is 2. The van der Waals surface area contributed by atoms with Gasteiger partial charge in [0.15, 0.2) is 5.69 Å². The fourth-order valence-corrected chi connectivity index (χ4v) is 4.43. The average Bonchev–Trinajstić information content (AvgIpc) is 3.15. The number of aryl methyl sites for hydroxylation is 3. The first-order valence-corrected chi connectivity index (χ1v) is 11.6. The summed E-state index contributed by atoms with van der Waals surface area (Å²) in [7, 11) is 1.50. The number of rotatable bonds is 6. The molecule has 0 radical (unpaired) electrons. The number of primary amides is 1. The molecule has 0 saturated carbocycles. The van der Waals surface area contributed by atoms with Gasteiger partial charge in [-0.2, -0.15) is 5.10 Å². The second-order valence-electron chi connectivity index (χ2n) is 8.57. The number of aromatic nitrogens is 3. The van der Waals surface area contributed by atoms with Crippen molar-refractivity contribution < 1.29 is 14.3 Å². The molecule has 5 rings (SSSR count). The molecule has 0 fully saturated rings. The second kappa shape index (κ2) is 9.53. The Bertz CT molecular complexity index is 1480. The molecule has 3 heterocycles. The molecule has 0 unspecified atom stereocenters. The number of fused-ring (bicyclic) bond motifs is 2. The number of pyridine rings is 1. The topological polar surface area (TPSA) is 124 Å². The third kappa shape index (κ3) is 4.26. The predicted octanol–water partition coefficient (Wildman–Crippen LogP) is 3.59. The van der Waals surface area contributed by atoms with Gasteiger partial charge in [-0.3, -0.25) is 9.59 Å². The van der Waals surface area contributed by atoms with E-state index in [-0.39, 0.29) is 11.6 Å². The summed E-state index contributed by atoms with van der Waals surface area (Å²) in [5.41, 5.74) is 11.7. The van der Waals surface area contributed by atoms with E-state index in [9.17, 15) is 9.59 Å². The van der Waals surface area contributed by atoms with Gasteiger partial charge in [0.2, 0.25) is 0 Å². The van der Waals surface area contributed by atoms with Crippen molar-refractivity contribution in [1.82, 2.24) is 20.1 Å². The van der Waals surface area contributed by atoms with Crippen molar-refractivity contribution in [2.75, 3.05) is 12.4 Å². The monoisotopic (exact) mass is 482 g/mol. The molecule has 0 saturated heterocycles. The van der Waals surface area contributed by atoms with Gasteiger partial charge < -0.3 is 21.1 Å². The molecule has 9 nitrogen and oxygen atoms in total. The number of hydrogen-bond acceptors (Lipinski definition) is 6. The van der Waals surface area contributed by atoms with Crippen LogP contribution in [0.15, 0.2) is 60.8 Å². The largest absolute Gasteiger partial charge is 0.494 e. The Morgan fingerprint density at radius 2 is 2.00 bits per heavy atom. The van der Waals surface area contributed by atoms with E-state index in [4.69, 9.17) is 15.6 Å². The van der Waals surface area contributed by atoms with Gasteiger partial charge in [-0.1, -0.05) is 30.3 Å². The Morgan fingerprint density at radius 1 is 1.17 bits per heavy atom. The van der Waals surface area contributed by atoms with Gasteiger partial charge >= 0.3 is 0 Å². The number of carbonyl (C=O) groups is 2. The molecular weight excluding hydrogens is 456 g/mol. The van der Waals surface area contributed by atoms with Crippen molar-refractivity contribution in [3.63, 3.8) is 0 Å². The van der Waals surface area contributed by atoms with Crippen molar-refractivity contribution >= 4 is 23.3 Å². The van der Waals surface area contributed by atoms with Crippen LogP contribution < -0.4 is 21.1 Å². The highest BCUT2D eigenvalue weighted by molar-refractivity contribution is 6.04. The van der Waals surface area contributed by atoms with Crippen molar-refractivity contribution in [2.24, 2.45) is 5.73 Å². The molecule has 4 aromatic rings. The van der Waals surface area contributed by atoms with Crippen molar-refractivity contribution in [1.29, 1.82) is 0 Å². The smallest absolute Gasteiger partial charge is 0.274 e. The van der Waals surface area contributed by atoms with Gasteiger partial charge in [0.05, 0.1) is 7.11 Å². The third-order valence-corrected chi connectivity index (χ3v) is 6.32. The number of benzene rings is 2. The van der Waals surface area contributed by atoms with E-state index in [1.807, 2.05) is 43.3 Å². The summed E-state index contributed by atoms with van der Waals surface area (Å²) in [5, 5.41) is 11.0. The number of carbonyl (C=O) groups excluding carboxylic acids is 2. The number of anilines is 2. The van der Waals surface area contributed by atoms with Crippen LogP contribution in [0.25, 0.3) is 11.3 Å².